The zero-order valence-electron chi connectivity index (χ0n) is 22.5. The van der Waals surface area contributed by atoms with E-state index in [-0.39, 0.29) is 26.9 Å². The molecule has 1 heterocycles. The van der Waals surface area contributed by atoms with E-state index in [4.69, 9.17) is 27.9 Å². The third-order valence-corrected chi connectivity index (χ3v) is 7.39. The average molecular weight is 569 g/mol. The van der Waals surface area contributed by atoms with E-state index < -0.39 is 23.5 Å². The summed E-state index contributed by atoms with van der Waals surface area (Å²) in [4.78, 5) is 32.7. The van der Waals surface area contributed by atoms with Gasteiger partial charge in [-0.25, -0.2) is 0 Å². The van der Waals surface area contributed by atoms with Crippen LogP contribution in [0.15, 0.2) is 66.2 Å². The molecule has 39 heavy (non-hydrogen) atoms. The van der Waals surface area contributed by atoms with Gasteiger partial charge < -0.3 is 19.6 Å². The van der Waals surface area contributed by atoms with Crippen molar-refractivity contribution in [3.63, 3.8) is 0 Å². The van der Waals surface area contributed by atoms with Gasteiger partial charge in [0.25, 0.3) is 11.7 Å². The lowest BCUT2D eigenvalue weighted by Crippen LogP contribution is -2.29. The van der Waals surface area contributed by atoms with Crippen molar-refractivity contribution in [2.24, 2.45) is 0 Å². The number of Topliss-reactive ketones (excluding diaryl/α,β-unsaturated/α-hetero) is 1. The smallest absolute Gasteiger partial charge is 0.300 e. The van der Waals surface area contributed by atoms with Crippen molar-refractivity contribution in [2.45, 2.75) is 19.9 Å². The lowest BCUT2D eigenvalue weighted by atomic mass is 9.94. The van der Waals surface area contributed by atoms with Gasteiger partial charge in [0.15, 0.2) is 0 Å². The number of anilines is 3. The summed E-state index contributed by atoms with van der Waals surface area (Å²) in [6.45, 7) is 5.82. The molecule has 0 bridgehead atoms. The van der Waals surface area contributed by atoms with Crippen LogP contribution in [0.5, 0.6) is 5.75 Å². The molecule has 1 atom stereocenters. The average Bonchev–Trinajstić information content (AvgIpc) is 3.19. The summed E-state index contributed by atoms with van der Waals surface area (Å²) in [6.07, 6.45) is 0. The Balaban J connectivity index is 1.95. The van der Waals surface area contributed by atoms with E-state index >= 15 is 0 Å². The quantitative estimate of drug-likeness (QED) is 0.189. The first kappa shape index (κ1) is 28.3. The molecule has 1 fully saturated rings. The maximum Gasteiger partial charge on any atom is 0.300 e. The van der Waals surface area contributed by atoms with Gasteiger partial charge >= 0.3 is 0 Å². The summed E-state index contributed by atoms with van der Waals surface area (Å²) in [6, 6.07) is 17.0. The number of aliphatic hydroxyl groups is 1. The SMILES string of the molecule is CCN(CC)c1ccc(C2/C(=C(\O)c3cc(Cl)cc(Cl)c3OC)C(=O)C(=O)N2c2ccc(N(C)C)cc2)cc1. The fraction of sp³-hybridized carbons (Fsp3) is 0.267. The monoisotopic (exact) mass is 567 g/mol. The van der Waals surface area contributed by atoms with Crippen LogP contribution in [0.25, 0.3) is 5.76 Å². The van der Waals surface area contributed by atoms with Crippen molar-refractivity contribution >= 4 is 57.7 Å². The summed E-state index contributed by atoms with van der Waals surface area (Å²) in [7, 11) is 5.24. The van der Waals surface area contributed by atoms with E-state index in [0.29, 0.717) is 11.3 Å². The van der Waals surface area contributed by atoms with Crippen molar-refractivity contribution in [1.82, 2.24) is 0 Å². The van der Waals surface area contributed by atoms with Gasteiger partial charge in [0.05, 0.1) is 29.3 Å². The minimum Gasteiger partial charge on any atom is -0.507 e. The first-order valence-corrected chi connectivity index (χ1v) is 13.3. The molecular formula is C30H31Cl2N3O4. The van der Waals surface area contributed by atoms with Crippen LogP contribution in [0.2, 0.25) is 10.0 Å². The van der Waals surface area contributed by atoms with Crippen LogP contribution in [0.3, 0.4) is 0 Å². The largest absolute Gasteiger partial charge is 0.507 e. The number of carbonyl (C=O) groups is 2. The number of nitrogens with zero attached hydrogens (tertiary/aromatic N) is 3. The molecule has 1 aliphatic heterocycles. The summed E-state index contributed by atoms with van der Waals surface area (Å²) >= 11 is 12.6. The predicted molar refractivity (Wildman–Crippen MR) is 159 cm³/mol. The Morgan fingerprint density at radius 2 is 1.54 bits per heavy atom. The minimum atomic E-state index is -0.900. The molecule has 0 aliphatic carbocycles. The molecule has 204 valence electrons. The van der Waals surface area contributed by atoms with Crippen LogP contribution in [0.1, 0.15) is 31.0 Å². The molecule has 7 nitrogen and oxygen atoms in total. The number of methoxy groups -OCH3 is 1. The molecule has 4 rings (SSSR count). The van der Waals surface area contributed by atoms with E-state index in [9.17, 15) is 14.7 Å². The third-order valence-electron chi connectivity index (χ3n) is 6.89. The van der Waals surface area contributed by atoms with Gasteiger partial charge in [0.1, 0.15) is 11.5 Å². The van der Waals surface area contributed by atoms with E-state index in [1.54, 1.807) is 12.1 Å². The zero-order valence-corrected chi connectivity index (χ0v) is 24.0. The number of halogens is 2. The highest BCUT2D eigenvalue weighted by atomic mass is 35.5. The van der Waals surface area contributed by atoms with Crippen molar-refractivity contribution in [3.05, 3.63) is 87.4 Å². The molecular weight excluding hydrogens is 537 g/mol. The van der Waals surface area contributed by atoms with Crippen LogP contribution in [-0.2, 0) is 9.59 Å². The number of ketones is 1. The van der Waals surface area contributed by atoms with E-state index in [0.717, 1.165) is 24.5 Å². The van der Waals surface area contributed by atoms with Crippen molar-refractivity contribution in [1.29, 1.82) is 0 Å². The summed E-state index contributed by atoms with van der Waals surface area (Å²) < 4.78 is 5.42. The first-order chi connectivity index (χ1) is 18.6. The normalized spacial score (nSPS) is 16.5. The van der Waals surface area contributed by atoms with Gasteiger partial charge in [-0.3, -0.25) is 14.5 Å². The molecule has 9 heteroatoms. The first-order valence-electron chi connectivity index (χ1n) is 12.6. The van der Waals surface area contributed by atoms with E-state index in [1.165, 1.54) is 24.1 Å². The van der Waals surface area contributed by atoms with Gasteiger partial charge in [-0.15, -0.1) is 0 Å². The molecule has 3 aromatic rings. The van der Waals surface area contributed by atoms with Crippen molar-refractivity contribution in [3.8, 4) is 5.75 Å². The third kappa shape index (κ3) is 5.29. The minimum absolute atomic E-state index is 0.0797. The van der Waals surface area contributed by atoms with Crippen LogP contribution in [-0.4, -0.2) is 51.1 Å². The second-order valence-electron chi connectivity index (χ2n) is 9.31. The number of hydrogen-bond donors (Lipinski definition) is 1. The Morgan fingerprint density at radius 1 is 0.949 bits per heavy atom. The van der Waals surface area contributed by atoms with Crippen LogP contribution >= 0.6 is 23.2 Å². The van der Waals surface area contributed by atoms with Gasteiger partial charge in [0, 0.05) is 49.3 Å². The predicted octanol–water partition coefficient (Wildman–Crippen LogP) is 6.54. The Bertz CT molecular complexity index is 1420. The topological polar surface area (TPSA) is 73.3 Å². The standard InChI is InChI=1S/C30H31Cl2N3O4/c1-6-34(7-2)21-10-8-18(9-11-21)26-25(27(36)23-16-19(31)17-24(32)29(23)39-5)28(37)30(38)35(26)22-14-12-20(13-15-22)33(3)4/h8-17,26,36H,6-7H2,1-5H3/b27-25+. The molecule has 1 amide bonds. The Labute approximate surface area is 238 Å². The summed E-state index contributed by atoms with van der Waals surface area (Å²) in [5.41, 5.74) is 3.18. The fourth-order valence-corrected chi connectivity index (χ4v) is 5.44. The van der Waals surface area contributed by atoms with Crippen LogP contribution in [0, 0.1) is 0 Å². The summed E-state index contributed by atoms with van der Waals surface area (Å²) in [5.74, 6) is -1.84. The molecule has 0 radical (unpaired) electrons. The number of aliphatic hydroxyl groups excluding tert-OH is 1. The second-order valence-corrected chi connectivity index (χ2v) is 10.2. The van der Waals surface area contributed by atoms with Gasteiger partial charge in [-0.1, -0.05) is 35.3 Å². The van der Waals surface area contributed by atoms with Gasteiger partial charge in [-0.2, -0.15) is 0 Å². The second kappa shape index (κ2) is 11.6. The van der Waals surface area contributed by atoms with E-state index in [2.05, 4.69) is 18.7 Å². The van der Waals surface area contributed by atoms with Crippen LogP contribution in [0.4, 0.5) is 17.1 Å². The molecule has 3 aromatic carbocycles. The van der Waals surface area contributed by atoms with Gasteiger partial charge in [0.2, 0.25) is 0 Å². The number of hydrogen-bond acceptors (Lipinski definition) is 6. The molecule has 1 saturated heterocycles. The summed E-state index contributed by atoms with van der Waals surface area (Å²) in [5, 5.41) is 12.0. The van der Waals surface area contributed by atoms with Gasteiger partial charge in [-0.05, 0) is 67.9 Å². The lowest BCUT2D eigenvalue weighted by Gasteiger charge is -2.27. The molecule has 0 saturated carbocycles. The Hall–Kier alpha value is -3.68. The van der Waals surface area contributed by atoms with Crippen molar-refractivity contribution < 1.29 is 19.4 Å². The number of amides is 1. The molecule has 0 spiro atoms. The Kier molecular flexibility index (Phi) is 8.42. The fourth-order valence-electron chi connectivity index (χ4n) is 4.87. The van der Waals surface area contributed by atoms with Crippen molar-refractivity contribution in [2.75, 3.05) is 49.0 Å². The highest BCUT2D eigenvalue weighted by Gasteiger charge is 2.47. The number of carbonyl (C=O) groups excluding carboxylic acids is 2. The molecule has 1 unspecified atom stereocenters. The maximum absolute atomic E-state index is 13.6. The zero-order chi connectivity index (χ0) is 28.4. The maximum atomic E-state index is 13.6. The molecule has 0 aromatic heterocycles. The molecule has 1 aliphatic rings. The molecule has 1 N–H and O–H groups in total. The lowest BCUT2D eigenvalue weighted by molar-refractivity contribution is -0.132. The van der Waals surface area contributed by atoms with Crippen LogP contribution < -0.4 is 19.4 Å². The highest BCUT2D eigenvalue weighted by Crippen LogP contribution is 2.45. The Morgan fingerprint density at radius 3 is 2.08 bits per heavy atom. The number of benzene rings is 3. The van der Waals surface area contributed by atoms with E-state index in [1.807, 2.05) is 55.4 Å². The highest BCUT2D eigenvalue weighted by molar-refractivity contribution is 6.52. The number of rotatable bonds is 8. The number of ether oxygens (including phenoxy) is 1.